The number of hydrogen-bond donors (Lipinski definition) is 2. The smallest absolute Gasteiger partial charge is 0.137 e. The number of aliphatic imine (C=N–C) groups is 1. The third-order valence-electron chi connectivity index (χ3n) is 6.35. The molecule has 2 N–H and O–H groups in total. The van der Waals surface area contributed by atoms with E-state index in [0.29, 0.717) is 27.8 Å². The molecule has 0 aliphatic heterocycles. The monoisotopic (exact) mass is 487 g/mol. The molecule has 0 unspecified atom stereocenters. The third-order valence-corrected chi connectivity index (χ3v) is 6.96. The van der Waals surface area contributed by atoms with Gasteiger partial charge in [-0.1, -0.05) is 6.92 Å². The number of hydroxylamine groups is 1. The van der Waals surface area contributed by atoms with Crippen LogP contribution in [-0.2, 0) is 0 Å². The van der Waals surface area contributed by atoms with Gasteiger partial charge in [-0.2, -0.15) is 0 Å². The average molecular weight is 488 g/mol. The molecule has 31 heavy (non-hydrogen) atoms. The maximum Gasteiger partial charge on any atom is 0.137 e. The molecule has 0 radical (unpaired) electrons. The Morgan fingerprint density at radius 2 is 1.90 bits per heavy atom. The van der Waals surface area contributed by atoms with E-state index in [-0.39, 0.29) is 17.6 Å². The summed E-state index contributed by atoms with van der Waals surface area (Å²) in [5.74, 6) is 0.591. The molecule has 3 aromatic rings. The Hall–Kier alpha value is -2.38. The molecule has 1 saturated carbocycles. The fourth-order valence-electron chi connectivity index (χ4n) is 4.57. The van der Waals surface area contributed by atoms with Gasteiger partial charge in [-0.3, -0.25) is 15.7 Å². The highest BCUT2D eigenvalue weighted by molar-refractivity contribution is 9.10. The van der Waals surface area contributed by atoms with Crippen molar-refractivity contribution in [1.29, 1.82) is 0 Å². The second-order valence-electron chi connectivity index (χ2n) is 8.17. The lowest BCUT2D eigenvalue weighted by Crippen LogP contribution is -2.33. The molecule has 1 heterocycles. The van der Waals surface area contributed by atoms with Crippen LogP contribution in [0.2, 0.25) is 0 Å². The molecular formula is C24H24BrF2N3O. The Balaban J connectivity index is 1.48. The predicted molar refractivity (Wildman–Crippen MR) is 122 cm³/mol. The van der Waals surface area contributed by atoms with Crippen molar-refractivity contribution in [3.8, 4) is 0 Å². The molecule has 2 aromatic carbocycles. The zero-order valence-corrected chi connectivity index (χ0v) is 18.7. The second-order valence-corrected chi connectivity index (χ2v) is 9.02. The summed E-state index contributed by atoms with van der Waals surface area (Å²) in [4.78, 5) is 8.85. The normalized spacial score (nSPS) is 20.6. The van der Waals surface area contributed by atoms with Crippen LogP contribution >= 0.6 is 15.9 Å². The van der Waals surface area contributed by atoms with Crippen molar-refractivity contribution in [2.75, 3.05) is 0 Å². The van der Waals surface area contributed by atoms with Crippen molar-refractivity contribution in [1.82, 2.24) is 10.5 Å². The highest BCUT2D eigenvalue weighted by Crippen LogP contribution is 2.41. The SMILES string of the molecule is C[C@@H](C(=Nc1ccc(F)c(Br)c1)NO)C1CCC(c2ccnc3ccc(F)cc23)CC1. The first-order valence-corrected chi connectivity index (χ1v) is 11.2. The molecule has 4 rings (SSSR count). The number of nitrogens with one attached hydrogen (secondary N) is 1. The van der Waals surface area contributed by atoms with Crippen molar-refractivity contribution in [2.24, 2.45) is 16.8 Å². The summed E-state index contributed by atoms with van der Waals surface area (Å²) < 4.78 is 27.6. The van der Waals surface area contributed by atoms with Gasteiger partial charge in [0.05, 0.1) is 15.7 Å². The van der Waals surface area contributed by atoms with Crippen LogP contribution in [0.4, 0.5) is 14.5 Å². The van der Waals surface area contributed by atoms with Crippen LogP contribution in [0.5, 0.6) is 0 Å². The second kappa shape index (κ2) is 9.40. The summed E-state index contributed by atoms with van der Waals surface area (Å²) in [5, 5.41) is 10.6. The molecular weight excluding hydrogens is 464 g/mol. The number of halogens is 3. The van der Waals surface area contributed by atoms with Gasteiger partial charge in [0, 0.05) is 17.5 Å². The largest absolute Gasteiger partial charge is 0.290 e. The lowest BCUT2D eigenvalue weighted by molar-refractivity contribution is 0.213. The fraction of sp³-hybridized carbons (Fsp3) is 0.333. The van der Waals surface area contributed by atoms with Crippen LogP contribution in [0, 0.1) is 23.5 Å². The van der Waals surface area contributed by atoms with Gasteiger partial charge in [0.15, 0.2) is 0 Å². The highest BCUT2D eigenvalue weighted by Gasteiger charge is 2.29. The molecule has 1 aromatic heterocycles. The standard InChI is InChI=1S/C24H24BrF2N3O/c1-14(24(30-31)29-18-7-8-22(27)21(25)13-18)15-2-4-16(5-3-15)19-10-11-28-23-9-6-17(26)12-20(19)23/h6-16,31H,2-5H2,1H3,(H,29,30)/t14-,15?,16?/m1/s1. The highest BCUT2D eigenvalue weighted by atomic mass is 79.9. The van der Waals surface area contributed by atoms with E-state index in [0.717, 1.165) is 42.1 Å². The molecule has 1 atom stereocenters. The van der Waals surface area contributed by atoms with Crippen molar-refractivity contribution in [3.63, 3.8) is 0 Å². The van der Waals surface area contributed by atoms with Gasteiger partial charge in [-0.15, -0.1) is 0 Å². The van der Waals surface area contributed by atoms with Gasteiger partial charge < -0.3 is 0 Å². The van der Waals surface area contributed by atoms with Gasteiger partial charge in [0.2, 0.25) is 0 Å². The fourth-order valence-corrected chi connectivity index (χ4v) is 4.94. The summed E-state index contributed by atoms with van der Waals surface area (Å²) in [6.07, 6.45) is 5.69. The van der Waals surface area contributed by atoms with Gasteiger partial charge in [0.25, 0.3) is 0 Å². The van der Waals surface area contributed by atoms with Gasteiger partial charge >= 0.3 is 0 Å². The summed E-state index contributed by atoms with van der Waals surface area (Å²) in [5.41, 5.74) is 4.78. The summed E-state index contributed by atoms with van der Waals surface area (Å²) in [7, 11) is 0. The molecule has 162 valence electrons. The summed E-state index contributed by atoms with van der Waals surface area (Å²) in [6, 6.07) is 11.3. The van der Waals surface area contributed by atoms with Crippen molar-refractivity contribution in [3.05, 3.63) is 70.3 Å². The Bertz CT molecular complexity index is 1110. The first-order chi connectivity index (χ1) is 15.0. The van der Waals surface area contributed by atoms with Crippen LogP contribution in [0.25, 0.3) is 10.9 Å². The lowest BCUT2D eigenvalue weighted by atomic mass is 9.73. The van der Waals surface area contributed by atoms with E-state index >= 15 is 0 Å². The van der Waals surface area contributed by atoms with Crippen LogP contribution in [-0.4, -0.2) is 16.0 Å². The molecule has 1 aliphatic carbocycles. The van der Waals surface area contributed by atoms with Crippen molar-refractivity contribution >= 4 is 38.4 Å². The number of rotatable bonds is 4. The molecule has 1 fully saturated rings. The number of hydrogen-bond acceptors (Lipinski definition) is 3. The van der Waals surface area contributed by atoms with E-state index in [4.69, 9.17) is 0 Å². The summed E-state index contributed by atoms with van der Waals surface area (Å²) in [6.45, 7) is 2.04. The topological polar surface area (TPSA) is 57.5 Å². The zero-order chi connectivity index (χ0) is 22.0. The number of aromatic nitrogens is 1. The van der Waals surface area contributed by atoms with E-state index in [1.165, 1.54) is 12.1 Å². The summed E-state index contributed by atoms with van der Waals surface area (Å²) >= 11 is 3.17. The van der Waals surface area contributed by atoms with E-state index in [2.05, 4.69) is 31.4 Å². The Morgan fingerprint density at radius 1 is 1.13 bits per heavy atom. The first kappa shape index (κ1) is 21.8. The molecule has 0 bridgehead atoms. The minimum atomic E-state index is -0.354. The molecule has 4 nitrogen and oxygen atoms in total. The maximum absolute atomic E-state index is 13.8. The van der Waals surface area contributed by atoms with Gasteiger partial charge in [-0.05, 0) is 101 Å². The number of nitrogens with zero attached hydrogens (tertiary/aromatic N) is 2. The molecule has 7 heteroatoms. The van der Waals surface area contributed by atoms with Crippen LogP contribution < -0.4 is 5.48 Å². The number of amidine groups is 1. The molecule has 0 spiro atoms. The van der Waals surface area contributed by atoms with Crippen LogP contribution in [0.3, 0.4) is 0 Å². The third kappa shape index (κ3) is 4.77. The minimum Gasteiger partial charge on any atom is -0.290 e. The van der Waals surface area contributed by atoms with Crippen LogP contribution in [0.15, 0.2) is 58.1 Å². The quantitative estimate of drug-likeness (QED) is 0.239. The van der Waals surface area contributed by atoms with E-state index in [9.17, 15) is 14.0 Å². The van der Waals surface area contributed by atoms with E-state index in [1.807, 2.05) is 13.0 Å². The Labute approximate surface area is 188 Å². The van der Waals surface area contributed by atoms with Gasteiger partial charge in [-0.25, -0.2) is 13.8 Å². The minimum absolute atomic E-state index is 0.0152. The predicted octanol–water partition coefficient (Wildman–Crippen LogP) is 6.89. The molecule has 0 saturated heterocycles. The maximum atomic E-state index is 13.8. The Kier molecular flexibility index (Phi) is 6.62. The van der Waals surface area contributed by atoms with Gasteiger partial charge in [0.1, 0.15) is 17.5 Å². The van der Waals surface area contributed by atoms with E-state index < -0.39 is 0 Å². The lowest BCUT2D eigenvalue weighted by Gasteiger charge is -2.33. The number of benzene rings is 2. The number of fused-ring (bicyclic) bond motifs is 1. The average Bonchev–Trinajstić information content (AvgIpc) is 2.79. The first-order valence-electron chi connectivity index (χ1n) is 10.4. The van der Waals surface area contributed by atoms with Crippen molar-refractivity contribution in [2.45, 2.75) is 38.5 Å². The molecule has 1 aliphatic rings. The Morgan fingerprint density at radius 3 is 2.61 bits per heavy atom. The number of pyridine rings is 1. The zero-order valence-electron chi connectivity index (χ0n) is 17.2. The van der Waals surface area contributed by atoms with E-state index in [1.54, 1.807) is 30.5 Å². The van der Waals surface area contributed by atoms with Crippen molar-refractivity contribution < 1.29 is 14.0 Å². The van der Waals surface area contributed by atoms with Crippen LogP contribution in [0.1, 0.15) is 44.1 Å². The molecule has 0 amide bonds.